The summed E-state index contributed by atoms with van der Waals surface area (Å²) in [6.07, 6.45) is 0. The molecule has 0 amide bonds. The van der Waals surface area contributed by atoms with Crippen LogP contribution in [0.3, 0.4) is 0 Å². The number of hydrogen-bond acceptors (Lipinski definition) is 2. The normalized spacial score (nSPS) is 10.3. The first-order valence-corrected chi connectivity index (χ1v) is 5.76. The van der Waals surface area contributed by atoms with Crippen LogP contribution in [0.4, 0.5) is 17.1 Å². The fourth-order valence-corrected chi connectivity index (χ4v) is 1.79. The molecule has 0 bridgehead atoms. The first kappa shape index (κ1) is 11.5. The third-order valence-corrected chi connectivity index (χ3v) is 2.87. The van der Waals surface area contributed by atoms with Gasteiger partial charge in [-0.2, -0.15) is 0 Å². The minimum atomic E-state index is 0.775. The Kier molecular flexibility index (Phi) is 3.05. The number of hydrogen-bond donors (Lipinski definition) is 2. The molecule has 2 nitrogen and oxygen atoms in total. The minimum absolute atomic E-state index is 0.775. The molecular weight excluding hydrogens is 208 g/mol. The highest BCUT2D eigenvalue weighted by Crippen LogP contribution is 2.26. The van der Waals surface area contributed by atoms with Crippen LogP contribution in [0.25, 0.3) is 0 Å². The Hall–Kier alpha value is -1.96. The Balaban J connectivity index is 2.37. The molecule has 0 saturated carbocycles. The maximum atomic E-state index is 5.96. The summed E-state index contributed by atoms with van der Waals surface area (Å²) in [5, 5.41) is 3.40. The Morgan fingerprint density at radius 1 is 0.824 bits per heavy atom. The largest absolute Gasteiger partial charge is 0.397 e. The van der Waals surface area contributed by atoms with E-state index < -0.39 is 0 Å². The zero-order valence-electron chi connectivity index (χ0n) is 10.5. The predicted octanol–water partition coefficient (Wildman–Crippen LogP) is 3.94. The molecule has 0 radical (unpaired) electrons. The van der Waals surface area contributed by atoms with Crippen LogP contribution in [0.1, 0.15) is 16.7 Å². The van der Waals surface area contributed by atoms with Gasteiger partial charge in [0.2, 0.25) is 0 Å². The fourth-order valence-electron chi connectivity index (χ4n) is 1.79. The van der Waals surface area contributed by atoms with Crippen molar-refractivity contribution in [2.45, 2.75) is 20.8 Å². The van der Waals surface area contributed by atoms with Crippen LogP contribution in [0.5, 0.6) is 0 Å². The quantitative estimate of drug-likeness (QED) is 0.761. The first-order chi connectivity index (χ1) is 8.06. The highest BCUT2D eigenvalue weighted by molar-refractivity contribution is 5.74. The molecule has 0 saturated heterocycles. The SMILES string of the molecule is Cc1ccc(C)c(Nc2cc(C)ccc2N)c1. The van der Waals surface area contributed by atoms with E-state index in [-0.39, 0.29) is 0 Å². The van der Waals surface area contributed by atoms with Gasteiger partial charge in [0.05, 0.1) is 11.4 Å². The number of rotatable bonds is 2. The second kappa shape index (κ2) is 4.50. The van der Waals surface area contributed by atoms with Crippen molar-refractivity contribution in [1.82, 2.24) is 0 Å². The molecule has 17 heavy (non-hydrogen) atoms. The van der Waals surface area contributed by atoms with E-state index in [0.717, 1.165) is 17.1 Å². The van der Waals surface area contributed by atoms with Crippen LogP contribution in [-0.4, -0.2) is 0 Å². The van der Waals surface area contributed by atoms with E-state index in [2.05, 4.69) is 50.4 Å². The van der Waals surface area contributed by atoms with Crippen molar-refractivity contribution in [1.29, 1.82) is 0 Å². The molecule has 0 heterocycles. The highest BCUT2D eigenvalue weighted by atomic mass is 14.9. The summed E-state index contributed by atoms with van der Waals surface area (Å²) >= 11 is 0. The van der Waals surface area contributed by atoms with Gasteiger partial charge in [0.1, 0.15) is 0 Å². The van der Waals surface area contributed by atoms with E-state index in [4.69, 9.17) is 5.73 Å². The van der Waals surface area contributed by atoms with Gasteiger partial charge in [-0.15, -0.1) is 0 Å². The topological polar surface area (TPSA) is 38.0 Å². The van der Waals surface area contributed by atoms with Crippen molar-refractivity contribution >= 4 is 17.1 Å². The molecule has 88 valence electrons. The Morgan fingerprint density at radius 2 is 1.41 bits per heavy atom. The van der Waals surface area contributed by atoms with Crippen LogP contribution in [0, 0.1) is 20.8 Å². The molecule has 0 aliphatic heterocycles. The molecule has 0 fully saturated rings. The number of anilines is 3. The molecule has 2 rings (SSSR count). The average molecular weight is 226 g/mol. The highest BCUT2D eigenvalue weighted by Gasteiger charge is 2.02. The number of nitrogens with one attached hydrogen (secondary N) is 1. The van der Waals surface area contributed by atoms with Crippen molar-refractivity contribution in [2.24, 2.45) is 0 Å². The number of benzene rings is 2. The lowest BCUT2D eigenvalue weighted by Crippen LogP contribution is -1.98. The summed E-state index contributed by atoms with van der Waals surface area (Å²) in [6, 6.07) is 12.4. The standard InChI is InChI=1S/C15H18N2/c1-10-4-6-12(3)14(8-10)17-15-9-11(2)5-7-13(15)16/h4-9,17H,16H2,1-3H3. The molecular formula is C15H18N2. The lowest BCUT2D eigenvalue weighted by molar-refractivity contribution is 1.37. The van der Waals surface area contributed by atoms with Gasteiger partial charge in [0.25, 0.3) is 0 Å². The maximum Gasteiger partial charge on any atom is 0.0620 e. The van der Waals surface area contributed by atoms with Gasteiger partial charge in [-0.05, 0) is 55.7 Å². The zero-order valence-corrected chi connectivity index (χ0v) is 10.5. The first-order valence-electron chi connectivity index (χ1n) is 5.76. The van der Waals surface area contributed by atoms with Crippen LogP contribution >= 0.6 is 0 Å². The van der Waals surface area contributed by atoms with E-state index in [1.165, 1.54) is 16.7 Å². The van der Waals surface area contributed by atoms with Crippen LogP contribution in [0.2, 0.25) is 0 Å². The van der Waals surface area contributed by atoms with Crippen molar-refractivity contribution in [3.8, 4) is 0 Å². The van der Waals surface area contributed by atoms with E-state index in [1.807, 2.05) is 12.1 Å². The second-order valence-electron chi connectivity index (χ2n) is 4.53. The van der Waals surface area contributed by atoms with E-state index in [9.17, 15) is 0 Å². The summed E-state index contributed by atoms with van der Waals surface area (Å²) in [4.78, 5) is 0. The maximum absolute atomic E-state index is 5.96. The Morgan fingerprint density at radius 3 is 2.12 bits per heavy atom. The summed E-state index contributed by atoms with van der Waals surface area (Å²) in [6.45, 7) is 6.24. The molecule has 0 spiro atoms. The predicted molar refractivity (Wildman–Crippen MR) is 74.8 cm³/mol. The zero-order chi connectivity index (χ0) is 12.4. The summed E-state index contributed by atoms with van der Waals surface area (Å²) in [7, 11) is 0. The molecule has 2 aromatic rings. The van der Waals surface area contributed by atoms with Crippen LogP contribution in [-0.2, 0) is 0 Å². The van der Waals surface area contributed by atoms with Gasteiger partial charge in [-0.1, -0.05) is 18.2 Å². The van der Waals surface area contributed by atoms with Crippen LogP contribution < -0.4 is 11.1 Å². The van der Waals surface area contributed by atoms with E-state index >= 15 is 0 Å². The Labute approximate surface area is 102 Å². The lowest BCUT2D eigenvalue weighted by atomic mass is 10.1. The van der Waals surface area contributed by atoms with Crippen LogP contribution in [0.15, 0.2) is 36.4 Å². The smallest absolute Gasteiger partial charge is 0.0620 e. The lowest BCUT2D eigenvalue weighted by Gasteiger charge is -2.13. The molecule has 0 aliphatic rings. The number of aryl methyl sites for hydroxylation is 3. The van der Waals surface area contributed by atoms with Gasteiger partial charge in [-0.25, -0.2) is 0 Å². The van der Waals surface area contributed by atoms with Gasteiger partial charge in [-0.3, -0.25) is 0 Å². The molecule has 0 atom stereocenters. The molecule has 0 aromatic heterocycles. The van der Waals surface area contributed by atoms with Crippen molar-refractivity contribution in [3.63, 3.8) is 0 Å². The van der Waals surface area contributed by atoms with Gasteiger partial charge in [0.15, 0.2) is 0 Å². The third kappa shape index (κ3) is 2.59. The molecule has 3 N–H and O–H groups in total. The summed E-state index contributed by atoms with van der Waals surface area (Å²) < 4.78 is 0. The summed E-state index contributed by atoms with van der Waals surface area (Å²) in [5.41, 5.74) is 12.5. The van der Waals surface area contributed by atoms with E-state index in [1.54, 1.807) is 0 Å². The molecule has 2 heteroatoms. The van der Waals surface area contributed by atoms with Crippen molar-refractivity contribution in [2.75, 3.05) is 11.1 Å². The monoisotopic (exact) mass is 226 g/mol. The van der Waals surface area contributed by atoms with Gasteiger partial charge in [0, 0.05) is 5.69 Å². The van der Waals surface area contributed by atoms with Gasteiger partial charge < -0.3 is 11.1 Å². The Bertz CT molecular complexity index is 495. The van der Waals surface area contributed by atoms with Crippen molar-refractivity contribution in [3.05, 3.63) is 53.1 Å². The minimum Gasteiger partial charge on any atom is -0.397 e. The number of nitrogen functional groups attached to an aromatic ring is 1. The van der Waals surface area contributed by atoms with Crippen molar-refractivity contribution < 1.29 is 0 Å². The van der Waals surface area contributed by atoms with Gasteiger partial charge >= 0.3 is 0 Å². The van der Waals surface area contributed by atoms with E-state index in [0.29, 0.717) is 0 Å². The molecule has 0 unspecified atom stereocenters. The second-order valence-corrected chi connectivity index (χ2v) is 4.53. The summed E-state index contributed by atoms with van der Waals surface area (Å²) in [5.74, 6) is 0. The average Bonchev–Trinajstić information content (AvgIpc) is 2.28. The number of nitrogens with two attached hydrogens (primary N) is 1. The molecule has 0 aliphatic carbocycles. The third-order valence-electron chi connectivity index (χ3n) is 2.87. The fraction of sp³-hybridized carbons (Fsp3) is 0.200. The molecule has 2 aromatic carbocycles.